The lowest BCUT2D eigenvalue weighted by atomic mass is 10.1. The average molecular weight is 591 g/mol. The Balaban J connectivity index is 1.39. The van der Waals surface area contributed by atoms with Crippen LogP contribution in [-0.2, 0) is 16.1 Å². The summed E-state index contributed by atoms with van der Waals surface area (Å²) in [5.74, 6) is 1.26. The van der Waals surface area contributed by atoms with Gasteiger partial charge in [-0.2, -0.15) is 10.2 Å². The zero-order valence-electron chi connectivity index (χ0n) is 23.4. The highest BCUT2D eigenvalue weighted by Gasteiger charge is 2.16. The molecule has 12 heteroatoms. The highest BCUT2D eigenvalue weighted by atomic mass is 35.5. The fraction of sp³-hybridized carbons (Fsp3) is 0.400. The van der Waals surface area contributed by atoms with Crippen molar-refractivity contribution in [1.29, 1.82) is 5.26 Å². The van der Waals surface area contributed by atoms with Crippen molar-refractivity contribution in [3.05, 3.63) is 64.8 Å². The summed E-state index contributed by atoms with van der Waals surface area (Å²) in [5.41, 5.74) is 2.79. The minimum Gasteiger partial charge on any atom is -0.491 e. The molecule has 2 aromatic carbocycles. The van der Waals surface area contributed by atoms with Crippen LogP contribution < -0.4 is 20.7 Å². The number of carbonyl (C=O) groups excluding carboxylic acids is 1. The number of anilines is 4. The van der Waals surface area contributed by atoms with Crippen molar-refractivity contribution in [2.45, 2.75) is 19.4 Å². The summed E-state index contributed by atoms with van der Waals surface area (Å²) in [4.78, 5) is 26.3. The van der Waals surface area contributed by atoms with E-state index in [0.29, 0.717) is 66.9 Å². The van der Waals surface area contributed by atoms with E-state index < -0.39 is 0 Å². The van der Waals surface area contributed by atoms with E-state index in [0.717, 1.165) is 50.6 Å². The standard InChI is InChI=1S/C30H35ClN8O3/c31-24-5-6-27-26(18-24)36-30-34-20-23(19-32)29(37-30)35-25-4-1-3-22(17-25)21-39(11-10-38-12-15-41-16-13-38)9-7-28(40)33-8-2-14-42-27/h1,3-6,17-18,20H,2,7-16,21H2,(H,33,40)(H2,34,35,36,37). The molecule has 42 heavy (non-hydrogen) atoms. The van der Waals surface area contributed by atoms with Crippen molar-refractivity contribution in [2.24, 2.45) is 0 Å². The summed E-state index contributed by atoms with van der Waals surface area (Å²) in [6, 6.07) is 15.4. The second kappa shape index (κ2) is 14.8. The van der Waals surface area contributed by atoms with Crippen molar-refractivity contribution in [2.75, 3.05) is 69.7 Å². The van der Waals surface area contributed by atoms with E-state index in [4.69, 9.17) is 21.1 Å². The lowest BCUT2D eigenvalue weighted by molar-refractivity contribution is -0.121. The number of morpholine rings is 1. The van der Waals surface area contributed by atoms with Crippen LogP contribution >= 0.6 is 11.6 Å². The number of carbonyl (C=O) groups is 1. The summed E-state index contributed by atoms with van der Waals surface area (Å²) >= 11 is 6.26. The number of hydrogen-bond donors (Lipinski definition) is 3. The average Bonchev–Trinajstić information content (AvgIpc) is 3.00. The van der Waals surface area contributed by atoms with Gasteiger partial charge in [0.15, 0.2) is 5.82 Å². The zero-order chi connectivity index (χ0) is 29.1. The van der Waals surface area contributed by atoms with Crippen LogP contribution in [-0.4, -0.2) is 84.8 Å². The molecular formula is C30H35ClN8O3. The van der Waals surface area contributed by atoms with E-state index in [9.17, 15) is 10.1 Å². The monoisotopic (exact) mass is 590 g/mol. The molecule has 5 rings (SSSR count). The van der Waals surface area contributed by atoms with Gasteiger partial charge in [-0.25, -0.2) is 4.98 Å². The van der Waals surface area contributed by atoms with E-state index in [-0.39, 0.29) is 11.9 Å². The van der Waals surface area contributed by atoms with Gasteiger partial charge in [0.25, 0.3) is 0 Å². The molecule has 11 nitrogen and oxygen atoms in total. The van der Waals surface area contributed by atoms with Gasteiger partial charge in [-0.1, -0.05) is 23.7 Å². The Kier molecular flexibility index (Phi) is 10.4. The number of amides is 1. The number of aromatic nitrogens is 2. The predicted octanol–water partition coefficient (Wildman–Crippen LogP) is 3.91. The minimum atomic E-state index is 0.0183. The minimum absolute atomic E-state index is 0.0183. The van der Waals surface area contributed by atoms with Crippen molar-refractivity contribution in [3.63, 3.8) is 0 Å². The second-order valence-corrected chi connectivity index (χ2v) is 10.6. The Hall–Kier alpha value is -3.95. The Labute approximate surface area is 250 Å². The highest BCUT2D eigenvalue weighted by molar-refractivity contribution is 6.31. The van der Waals surface area contributed by atoms with Gasteiger partial charge >= 0.3 is 0 Å². The largest absolute Gasteiger partial charge is 0.491 e. The molecule has 220 valence electrons. The maximum Gasteiger partial charge on any atom is 0.229 e. The zero-order valence-corrected chi connectivity index (χ0v) is 24.2. The van der Waals surface area contributed by atoms with Crippen LogP contribution in [0.1, 0.15) is 24.0 Å². The molecule has 3 aromatic rings. The molecule has 1 fully saturated rings. The fourth-order valence-electron chi connectivity index (χ4n) is 4.82. The van der Waals surface area contributed by atoms with E-state index in [1.165, 1.54) is 6.20 Å². The fourth-order valence-corrected chi connectivity index (χ4v) is 4.99. The third-order valence-corrected chi connectivity index (χ3v) is 7.32. The number of nitrogens with zero attached hydrogens (tertiary/aromatic N) is 5. The number of nitrogens with one attached hydrogen (secondary N) is 3. The molecule has 1 saturated heterocycles. The van der Waals surface area contributed by atoms with Gasteiger partial charge in [-0.05, 0) is 42.3 Å². The third kappa shape index (κ3) is 8.53. The topological polar surface area (TPSA) is 128 Å². The summed E-state index contributed by atoms with van der Waals surface area (Å²) in [7, 11) is 0. The second-order valence-electron chi connectivity index (χ2n) is 10.2. The first-order chi connectivity index (χ1) is 20.6. The predicted molar refractivity (Wildman–Crippen MR) is 161 cm³/mol. The smallest absolute Gasteiger partial charge is 0.229 e. The van der Waals surface area contributed by atoms with Crippen LogP contribution in [0.5, 0.6) is 5.75 Å². The molecule has 0 radical (unpaired) electrons. The number of ether oxygens (including phenoxy) is 2. The number of halogens is 1. The number of fused-ring (bicyclic) bond motifs is 5. The molecular weight excluding hydrogens is 556 g/mol. The first-order valence-corrected chi connectivity index (χ1v) is 14.5. The van der Waals surface area contributed by atoms with Crippen LogP contribution in [0.3, 0.4) is 0 Å². The van der Waals surface area contributed by atoms with Crippen LogP contribution in [0.15, 0.2) is 48.7 Å². The van der Waals surface area contributed by atoms with Gasteiger partial charge < -0.3 is 25.4 Å². The summed E-state index contributed by atoms with van der Waals surface area (Å²) in [6.45, 7) is 7.33. The maximum absolute atomic E-state index is 12.7. The Morgan fingerprint density at radius 3 is 2.74 bits per heavy atom. The third-order valence-electron chi connectivity index (χ3n) is 7.09. The Bertz CT molecular complexity index is 1410. The van der Waals surface area contributed by atoms with E-state index in [2.05, 4.69) is 47.9 Å². The van der Waals surface area contributed by atoms with Gasteiger partial charge in [0, 0.05) is 62.9 Å². The Morgan fingerprint density at radius 1 is 1.02 bits per heavy atom. The van der Waals surface area contributed by atoms with Gasteiger partial charge in [0.05, 0.1) is 31.7 Å². The molecule has 0 aliphatic carbocycles. The molecule has 0 atom stereocenters. The first kappa shape index (κ1) is 29.5. The van der Waals surface area contributed by atoms with Crippen LogP contribution in [0, 0.1) is 11.3 Å². The molecule has 1 aromatic heterocycles. The van der Waals surface area contributed by atoms with Crippen LogP contribution in [0.2, 0.25) is 5.02 Å². The SMILES string of the molecule is N#Cc1cnc2nc1Nc1cccc(c1)CN(CCN1CCOCC1)CCC(=O)NCCCOc1ccc(Cl)cc1N2. The van der Waals surface area contributed by atoms with E-state index >= 15 is 0 Å². The van der Waals surface area contributed by atoms with Gasteiger partial charge in [-0.3, -0.25) is 14.6 Å². The molecule has 0 unspecified atom stereocenters. The lowest BCUT2D eigenvalue weighted by Crippen LogP contribution is -2.42. The summed E-state index contributed by atoms with van der Waals surface area (Å²) in [5, 5.41) is 19.7. The number of rotatable bonds is 3. The van der Waals surface area contributed by atoms with Crippen molar-refractivity contribution in [1.82, 2.24) is 25.1 Å². The molecule has 0 saturated carbocycles. The lowest BCUT2D eigenvalue weighted by Gasteiger charge is -2.30. The molecule has 2 aliphatic heterocycles. The quantitative estimate of drug-likeness (QED) is 0.413. The van der Waals surface area contributed by atoms with Gasteiger partial charge in [0.2, 0.25) is 11.9 Å². The Morgan fingerprint density at radius 2 is 1.88 bits per heavy atom. The molecule has 2 aliphatic rings. The first-order valence-electron chi connectivity index (χ1n) is 14.2. The maximum atomic E-state index is 12.7. The van der Waals surface area contributed by atoms with Crippen molar-refractivity contribution >= 4 is 40.6 Å². The molecule has 1 amide bonds. The van der Waals surface area contributed by atoms with E-state index in [1.807, 2.05) is 18.2 Å². The van der Waals surface area contributed by atoms with Gasteiger partial charge in [0.1, 0.15) is 17.4 Å². The number of nitriles is 1. The van der Waals surface area contributed by atoms with Crippen LogP contribution in [0.25, 0.3) is 0 Å². The normalized spacial score (nSPS) is 17.4. The van der Waals surface area contributed by atoms with Gasteiger partial charge in [-0.15, -0.1) is 0 Å². The summed E-state index contributed by atoms with van der Waals surface area (Å²) in [6.07, 6.45) is 2.53. The van der Waals surface area contributed by atoms with E-state index in [1.54, 1.807) is 18.2 Å². The molecule has 4 bridgehead atoms. The number of hydrogen-bond acceptors (Lipinski definition) is 10. The van der Waals surface area contributed by atoms with Crippen molar-refractivity contribution < 1.29 is 14.3 Å². The van der Waals surface area contributed by atoms with Crippen LogP contribution in [0.4, 0.5) is 23.1 Å². The molecule has 3 heterocycles. The number of benzene rings is 2. The van der Waals surface area contributed by atoms with Crippen molar-refractivity contribution in [3.8, 4) is 11.8 Å². The molecule has 0 spiro atoms. The highest BCUT2D eigenvalue weighted by Crippen LogP contribution is 2.31. The molecule has 3 N–H and O–H groups in total. The summed E-state index contributed by atoms with van der Waals surface area (Å²) < 4.78 is 11.5.